The van der Waals surface area contributed by atoms with Crippen molar-refractivity contribution in [2.45, 2.75) is 19.9 Å². The van der Waals surface area contributed by atoms with Crippen molar-refractivity contribution < 1.29 is 14.3 Å². The number of hydrogen-bond acceptors (Lipinski definition) is 5. The summed E-state index contributed by atoms with van der Waals surface area (Å²) in [6.07, 6.45) is 0.299. The molecule has 3 rings (SSSR count). The molecule has 0 fully saturated rings. The third kappa shape index (κ3) is 5.07. The van der Waals surface area contributed by atoms with Crippen molar-refractivity contribution in [2.75, 3.05) is 18.5 Å². The van der Waals surface area contributed by atoms with E-state index in [9.17, 15) is 9.59 Å². The molecule has 7 heteroatoms. The fourth-order valence-electron chi connectivity index (χ4n) is 2.64. The first-order chi connectivity index (χ1) is 13.2. The topological polar surface area (TPSA) is 96.1 Å². The van der Waals surface area contributed by atoms with Gasteiger partial charge in [0.1, 0.15) is 5.82 Å². The lowest BCUT2D eigenvalue weighted by Crippen LogP contribution is -2.23. The van der Waals surface area contributed by atoms with Crippen molar-refractivity contribution in [1.82, 2.24) is 15.3 Å². The lowest BCUT2D eigenvalue weighted by Gasteiger charge is -2.08. The number of rotatable bonds is 8. The number of hydrogen-bond donors (Lipinski definition) is 3. The van der Waals surface area contributed by atoms with Gasteiger partial charge in [0.25, 0.3) is 5.91 Å². The number of nitrogens with one attached hydrogen (secondary N) is 3. The summed E-state index contributed by atoms with van der Waals surface area (Å²) >= 11 is 0. The molecule has 0 radical (unpaired) electrons. The molecule has 27 heavy (non-hydrogen) atoms. The summed E-state index contributed by atoms with van der Waals surface area (Å²) in [7, 11) is 0. The van der Waals surface area contributed by atoms with E-state index in [0.717, 1.165) is 16.7 Å². The molecule has 0 saturated heterocycles. The molecule has 0 saturated carbocycles. The van der Waals surface area contributed by atoms with Gasteiger partial charge in [-0.1, -0.05) is 12.1 Å². The number of amides is 1. The van der Waals surface area contributed by atoms with Gasteiger partial charge in [0, 0.05) is 17.8 Å². The van der Waals surface area contributed by atoms with E-state index in [1.54, 1.807) is 31.2 Å². The van der Waals surface area contributed by atoms with Crippen LogP contribution in [0.3, 0.4) is 0 Å². The van der Waals surface area contributed by atoms with Crippen LogP contribution >= 0.6 is 0 Å². The molecule has 3 aromatic rings. The molecule has 140 valence electrons. The molecule has 0 unspecified atom stereocenters. The number of para-hydroxylation sites is 2. The largest absolute Gasteiger partial charge is 0.466 e. The summed E-state index contributed by atoms with van der Waals surface area (Å²) < 4.78 is 4.87. The SMILES string of the molecule is CCOC(=O)CCNc1ccc(C(=O)NCc2nc3ccccc3[nH]2)cc1. The fourth-order valence-corrected chi connectivity index (χ4v) is 2.64. The highest BCUT2D eigenvalue weighted by molar-refractivity contribution is 5.94. The molecule has 3 N–H and O–H groups in total. The Morgan fingerprint density at radius 3 is 2.63 bits per heavy atom. The molecule has 0 aliphatic carbocycles. The Bertz CT molecular complexity index is 885. The highest BCUT2D eigenvalue weighted by Gasteiger charge is 2.08. The van der Waals surface area contributed by atoms with Gasteiger partial charge in [-0.05, 0) is 43.3 Å². The van der Waals surface area contributed by atoms with Crippen LogP contribution < -0.4 is 10.6 Å². The minimum atomic E-state index is -0.230. The molecular formula is C20H22N4O3. The van der Waals surface area contributed by atoms with Gasteiger partial charge in [-0.2, -0.15) is 0 Å². The molecule has 0 atom stereocenters. The number of anilines is 1. The third-order valence-corrected chi connectivity index (χ3v) is 3.97. The predicted molar refractivity (Wildman–Crippen MR) is 103 cm³/mol. The van der Waals surface area contributed by atoms with Gasteiger partial charge in [0.05, 0.1) is 30.6 Å². The molecule has 1 aromatic heterocycles. The lowest BCUT2D eigenvalue weighted by molar-refractivity contribution is -0.142. The Labute approximate surface area is 157 Å². The Morgan fingerprint density at radius 1 is 1.11 bits per heavy atom. The Balaban J connectivity index is 1.49. The summed E-state index contributed by atoms with van der Waals surface area (Å²) in [4.78, 5) is 31.2. The van der Waals surface area contributed by atoms with E-state index in [0.29, 0.717) is 37.5 Å². The molecule has 2 aromatic carbocycles. The Hall–Kier alpha value is -3.35. The molecule has 0 aliphatic rings. The monoisotopic (exact) mass is 366 g/mol. The number of carbonyl (C=O) groups is 2. The highest BCUT2D eigenvalue weighted by Crippen LogP contribution is 2.12. The van der Waals surface area contributed by atoms with Crippen molar-refractivity contribution in [2.24, 2.45) is 0 Å². The zero-order valence-electron chi connectivity index (χ0n) is 15.1. The van der Waals surface area contributed by atoms with E-state index in [2.05, 4.69) is 20.6 Å². The van der Waals surface area contributed by atoms with Crippen LogP contribution in [0.1, 0.15) is 29.5 Å². The van der Waals surface area contributed by atoms with E-state index >= 15 is 0 Å². The lowest BCUT2D eigenvalue weighted by atomic mass is 10.2. The van der Waals surface area contributed by atoms with Gasteiger partial charge in [-0.3, -0.25) is 9.59 Å². The Kier molecular flexibility index (Phi) is 6.04. The predicted octanol–water partition coefficient (Wildman–Crippen LogP) is 2.86. The number of imidazole rings is 1. The first-order valence-electron chi connectivity index (χ1n) is 8.87. The maximum atomic E-state index is 12.3. The standard InChI is InChI=1S/C20H22N4O3/c1-2-27-19(25)11-12-21-15-9-7-14(8-10-15)20(26)22-13-18-23-16-5-3-4-6-17(16)24-18/h3-10,21H,2,11-13H2,1H3,(H,22,26)(H,23,24). The van der Waals surface area contributed by atoms with Crippen LogP contribution in [0.4, 0.5) is 5.69 Å². The second kappa shape index (κ2) is 8.84. The molecule has 1 heterocycles. The maximum absolute atomic E-state index is 12.3. The van der Waals surface area contributed by atoms with Crippen LogP contribution in [0.5, 0.6) is 0 Å². The first kappa shape index (κ1) is 18.4. The van der Waals surface area contributed by atoms with Gasteiger partial charge >= 0.3 is 5.97 Å². The van der Waals surface area contributed by atoms with E-state index in [1.165, 1.54) is 0 Å². The van der Waals surface area contributed by atoms with Crippen LogP contribution in [0, 0.1) is 0 Å². The summed E-state index contributed by atoms with van der Waals surface area (Å²) in [5.41, 5.74) is 3.22. The number of nitrogens with zero attached hydrogens (tertiary/aromatic N) is 1. The van der Waals surface area contributed by atoms with Crippen molar-refractivity contribution in [3.8, 4) is 0 Å². The van der Waals surface area contributed by atoms with Gasteiger partial charge in [0.15, 0.2) is 0 Å². The molecule has 0 bridgehead atoms. The number of ether oxygens (including phenoxy) is 1. The molecular weight excluding hydrogens is 344 g/mol. The van der Waals surface area contributed by atoms with Crippen molar-refractivity contribution in [1.29, 1.82) is 0 Å². The zero-order chi connectivity index (χ0) is 19.1. The van der Waals surface area contributed by atoms with Crippen LogP contribution in [0.25, 0.3) is 11.0 Å². The van der Waals surface area contributed by atoms with Crippen molar-refractivity contribution in [3.05, 3.63) is 59.9 Å². The van der Waals surface area contributed by atoms with Gasteiger partial charge in [0.2, 0.25) is 0 Å². The number of fused-ring (bicyclic) bond motifs is 1. The second-order valence-electron chi connectivity index (χ2n) is 5.94. The number of esters is 1. The van der Waals surface area contributed by atoms with Crippen LogP contribution in [-0.4, -0.2) is 35.0 Å². The molecule has 7 nitrogen and oxygen atoms in total. The average molecular weight is 366 g/mol. The minimum absolute atomic E-state index is 0.173. The summed E-state index contributed by atoms with van der Waals surface area (Å²) in [6, 6.07) is 14.8. The second-order valence-corrected chi connectivity index (χ2v) is 5.94. The highest BCUT2D eigenvalue weighted by atomic mass is 16.5. The first-order valence-corrected chi connectivity index (χ1v) is 8.87. The van der Waals surface area contributed by atoms with Crippen LogP contribution in [0.2, 0.25) is 0 Å². The van der Waals surface area contributed by atoms with Crippen LogP contribution in [-0.2, 0) is 16.1 Å². The number of aromatic amines is 1. The van der Waals surface area contributed by atoms with Gasteiger partial charge in [-0.15, -0.1) is 0 Å². The number of H-pyrrole nitrogens is 1. The van der Waals surface area contributed by atoms with E-state index in [1.807, 2.05) is 24.3 Å². The number of benzene rings is 2. The van der Waals surface area contributed by atoms with Gasteiger partial charge < -0.3 is 20.4 Å². The van der Waals surface area contributed by atoms with Crippen molar-refractivity contribution >= 4 is 28.6 Å². The van der Waals surface area contributed by atoms with E-state index in [4.69, 9.17) is 4.74 Å². The summed E-state index contributed by atoms with van der Waals surface area (Å²) in [5.74, 6) is 0.307. The smallest absolute Gasteiger partial charge is 0.307 e. The quantitative estimate of drug-likeness (QED) is 0.533. The fraction of sp³-hybridized carbons (Fsp3) is 0.250. The minimum Gasteiger partial charge on any atom is -0.466 e. The number of carbonyl (C=O) groups excluding carboxylic acids is 2. The summed E-state index contributed by atoms with van der Waals surface area (Å²) in [6.45, 7) is 2.98. The Morgan fingerprint density at radius 2 is 1.89 bits per heavy atom. The van der Waals surface area contributed by atoms with Crippen LogP contribution in [0.15, 0.2) is 48.5 Å². The van der Waals surface area contributed by atoms with Crippen molar-refractivity contribution in [3.63, 3.8) is 0 Å². The molecule has 1 amide bonds. The normalized spacial score (nSPS) is 10.6. The average Bonchev–Trinajstić information content (AvgIpc) is 3.10. The molecule has 0 aliphatic heterocycles. The molecule has 0 spiro atoms. The zero-order valence-corrected chi connectivity index (χ0v) is 15.1. The van der Waals surface area contributed by atoms with E-state index in [-0.39, 0.29) is 11.9 Å². The van der Waals surface area contributed by atoms with Gasteiger partial charge in [-0.25, -0.2) is 4.98 Å². The van der Waals surface area contributed by atoms with E-state index < -0.39 is 0 Å². The third-order valence-electron chi connectivity index (χ3n) is 3.97. The summed E-state index contributed by atoms with van der Waals surface area (Å²) in [5, 5.41) is 5.98. The number of aromatic nitrogens is 2. The maximum Gasteiger partial charge on any atom is 0.307 e.